The van der Waals surface area contributed by atoms with Crippen molar-refractivity contribution in [1.29, 1.82) is 0 Å². The molecule has 1 aliphatic carbocycles. The van der Waals surface area contributed by atoms with Crippen molar-refractivity contribution in [1.82, 2.24) is 5.32 Å². The third-order valence-corrected chi connectivity index (χ3v) is 5.54. The number of aryl methyl sites for hydroxylation is 2. The molecule has 0 saturated heterocycles. The van der Waals surface area contributed by atoms with Gasteiger partial charge in [-0.3, -0.25) is 9.59 Å². The van der Waals surface area contributed by atoms with Crippen LogP contribution >= 0.6 is 12.4 Å². The molecule has 0 atom stereocenters. The van der Waals surface area contributed by atoms with Crippen molar-refractivity contribution in [3.05, 3.63) is 59.2 Å². The van der Waals surface area contributed by atoms with Gasteiger partial charge < -0.3 is 16.4 Å². The van der Waals surface area contributed by atoms with E-state index in [1.165, 1.54) is 5.56 Å². The Labute approximate surface area is 172 Å². The van der Waals surface area contributed by atoms with Crippen molar-refractivity contribution in [3.63, 3.8) is 0 Å². The first kappa shape index (κ1) is 21.8. The number of carbonyl (C=O) groups is 2. The molecule has 2 amide bonds. The molecule has 1 saturated carbocycles. The van der Waals surface area contributed by atoms with Gasteiger partial charge in [0.05, 0.1) is 5.41 Å². The van der Waals surface area contributed by atoms with Gasteiger partial charge in [-0.05, 0) is 68.1 Å². The number of hydrogen-bond acceptors (Lipinski definition) is 3. The Balaban J connectivity index is 0.00000280. The molecule has 0 aliphatic heterocycles. The Kier molecular flexibility index (Phi) is 7.08. The lowest BCUT2D eigenvalue weighted by atomic mass is 9.84. The molecule has 28 heavy (non-hydrogen) atoms. The largest absolute Gasteiger partial charge is 0.399 e. The molecule has 2 aromatic rings. The number of nitrogens with two attached hydrogens (primary N) is 1. The summed E-state index contributed by atoms with van der Waals surface area (Å²) in [5.74, 6) is -0.219. The van der Waals surface area contributed by atoms with E-state index in [0.717, 1.165) is 36.9 Å². The predicted molar refractivity (Wildman–Crippen MR) is 116 cm³/mol. The van der Waals surface area contributed by atoms with E-state index in [1.807, 2.05) is 32.0 Å². The van der Waals surface area contributed by atoms with Crippen LogP contribution in [0.25, 0.3) is 0 Å². The number of carbonyl (C=O) groups excluding carboxylic acids is 2. The van der Waals surface area contributed by atoms with Gasteiger partial charge in [0.15, 0.2) is 0 Å². The first-order chi connectivity index (χ1) is 12.9. The van der Waals surface area contributed by atoms with Gasteiger partial charge in [0.1, 0.15) is 0 Å². The first-order valence-electron chi connectivity index (χ1n) is 9.42. The fourth-order valence-corrected chi connectivity index (χ4v) is 3.65. The number of amides is 2. The molecule has 3 rings (SSSR count). The van der Waals surface area contributed by atoms with Gasteiger partial charge in [0.25, 0.3) is 5.91 Å². The van der Waals surface area contributed by atoms with Crippen LogP contribution in [-0.2, 0) is 4.79 Å². The second-order valence-corrected chi connectivity index (χ2v) is 7.55. The van der Waals surface area contributed by atoms with Crippen LogP contribution in [0.15, 0.2) is 42.5 Å². The van der Waals surface area contributed by atoms with Crippen LogP contribution in [0.1, 0.15) is 47.2 Å². The Bertz CT molecular complexity index is 861. The lowest BCUT2D eigenvalue weighted by Gasteiger charge is -2.28. The van der Waals surface area contributed by atoms with E-state index in [4.69, 9.17) is 5.73 Å². The van der Waals surface area contributed by atoms with Crippen LogP contribution in [-0.4, -0.2) is 18.4 Å². The summed E-state index contributed by atoms with van der Waals surface area (Å²) in [4.78, 5) is 25.5. The SMILES string of the molecule is Cc1ccc(NC(=O)C2(CNC(=O)c3cccc(N)c3)CCCC2)cc1C.Cl. The monoisotopic (exact) mass is 401 g/mol. The van der Waals surface area contributed by atoms with Gasteiger partial charge in [-0.1, -0.05) is 25.0 Å². The maximum atomic E-state index is 13.1. The molecule has 0 bridgehead atoms. The molecule has 2 aromatic carbocycles. The topological polar surface area (TPSA) is 84.2 Å². The van der Waals surface area contributed by atoms with E-state index in [2.05, 4.69) is 10.6 Å². The summed E-state index contributed by atoms with van der Waals surface area (Å²) in [6.07, 6.45) is 3.55. The summed E-state index contributed by atoms with van der Waals surface area (Å²) in [5, 5.41) is 6.00. The highest BCUT2D eigenvalue weighted by Crippen LogP contribution is 2.38. The minimum atomic E-state index is -0.561. The van der Waals surface area contributed by atoms with Crippen molar-refractivity contribution in [2.45, 2.75) is 39.5 Å². The average Bonchev–Trinajstić information content (AvgIpc) is 3.13. The number of hydrogen-bond donors (Lipinski definition) is 3. The lowest BCUT2D eigenvalue weighted by molar-refractivity contribution is -0.125. The zero-order chi connectivity index (χ0) is 19.4. The lowest BCUT2D eigenvalue weighted by Crippen LogP contribution is -2.44. The number of nitrogen functional groups attached to an aromatic ring is 1. The standard InChI is InChI=1S/C22H27N3O2.ClH/c1-15-8-9-19(12-16(15)2)25-21(27)22(10-3-4-11-22)14-24-20(26)17-6-5-7-18(23)13-17;/h5-9,12-13H,3-4,10-11,14,23H2,1-2H3,(H,24,26)(H,25,27);1H. The van der Waals surface area contributed by atoms with E-state index in [9.17, 15) is 9.59 Å². The molecule has 0 heterocycles. The third-order valence-electron chi connectivity index (χ3n) is 5.54. The molecule has 4 N–H and O–H groups in total. The average molecular weight is 402 g/mol. The summed E-state index contributed by atoms with van der Waals surface area (Å²) in [7, 11) is 0. The van der Waals surface area contributed by atoms with Crippen LogP contribution in [0, 0.1) is 19.3 Å². The van der Waals surface area contributed by atoms with Gasteiger partial charge in [-0.25, -0.2) is 0 Å². The van der Waals surface area contributed by atoms with Crippen molar-refractivity contribution >= 4 is 35.6 Å². The summed E-state index contributed by atoms with van der Waals surface area (Å²) in [6, 6.07) is 12.8. The van der Waals surface area contributed by atoms with E-state index in [-0.39, 0.29) is 24.2 Å². The Morgan fingerprint density at radius 3 is 2.39 bits per heavy atom. The Hall–Kier alpha value is -2.53. The number of benzene rings is 2. The minimum absolute atomic E-state index is 0. The molecule has 5 nitrogen and oxygen atoms in total. The molecule has 150 valence electrons. The molecule has 0 aromatic heterocycles. The van der Waals surface area contributed by atoms with Crippen molar-refractivity contribution in [3.8, 4) is 0 Å². The van der Waals surface area contributed by atoms with Crippen LogP contribution in [0.2, 0.25) is 0 Å². The van der Waals surface area contributed by atoms with Gasteiger partial charge in [0.2, 0.25) is 5.91 Å². The fourth-order valence-electron chi connectivity index (χ4n) is 3.65. The number of nitrogens with one attached hydrogen (secondary N) is 2. The van der Waals surface area contributed by atoms with E-state index in [0.29, 0.717) is 17.8 Å². The molecule has 1 fully saturated rings. The molecule has 1 aliphatic rings. The van der Waals surface area contributed by atoms with Crippen LogP contribution in [0.5, 0.6) is 0 Å². The van der Waals surface area contributed by atoms with E-state index >= 15 is 0 Å². The zero-order valence-electron chi connectivity index (χ0n) is 16.4. The highest BCUT2D eigenvalue weighted by atomic mass is 35.5. The van der Waals surface area contributed by atoms with Gasteiger partial charge in [0, 0.05) is 23.5 Å². The Morgan fingerprint density at radius 1 is 1.04 bits per heavy atom. The van der Waals surface area contributed by atoms with Crippen LogP contribution in [0.4, 0.5) is 11.4 Å². The number of rotatable bonds is 5. The first-order valence-corrected chi connectivity index (χ1v) is 9.42. The maximum absolute atomic E-state index is 13.1. The van der Waals surface area contributed by atoms with Gasteiger partial charge in [-0.15, -0.1) is 12.4 Å². The quantitative estimate of drug-likeness (QED) is 0.655. The zero-order valence-corrected chi connectivity index (χ0v) is 17.2. The molecule has 0 radical (unpaired) electrons. The highest BCUT2D eigenvalue weighted by molar-refractivity contribution is 5.98. The second-order valence-electron chi connectivity index (χ2n) is 7.55. The van der Waals surface area contributed by atoms with Gasteiger partial charge >= 0.3 is 0 Å². The number of anilines is 2. The summed E-state index contributed by atoms with van der Waals surface area (Å²) in [6.45, 7) is 4.41. The summed E-state index contributed by atoms with van der Waals surface area (Å²) < 4.78 is 0. The third kappa shape index (κ3) is 4.84. The predicted octanol–water partition coefficient (Wildman–Crippen LogP) is 4.24. The second kappa shape index (κ2) is 9.11. The van der Waals surface area contributed by atoms with Crippen LogP contribution < -0.4 is 16.4 Å². The summed E-state index contributed by atoms with van der Waals surface area (Å²) in [5.41, 5.74) is 9.39. The fraction of sp³-hybridized carbons (Fsp3) is 0.364. The maximum Gasteiger partial charge on any atom is 0.251 e. The Morgan fingerprint density at radius 2 is 1.75 bits per heavy atom. The van der Waals surface area contributed by atoms with Crippen LogP contribution in [0.3, 0.4) is 0 Å². The molecule has 0 unspecified atom stereocenters. The van der Waals surface area contributed by atoms with Crippen molar-refractivity contribution < 1.29 is 9.59 Å². The minimum Gasteiger partial charge on any atom is -0.399 e. The molecule has 6 heteroatoms. The van der Waals surface area contributed by atoms with Crippen molar-refractivity contribution in [2.75, 3.05) is 17.6 Å². The normalized spacial score (nSPS) is 14.8. The molecular formula is C22H28ClN3O2. The highest BCUT2D eigenvalue weighted by Gasteiger charge is 2.41. The van der Waals surface area contributed by atoms with E-state index in [1.54, 1.807) is 24.3 Å². The number of halogens is 1. The molecule has 0 spiro atoms. The van der Waals surface area contributed by atoms with E-state index < -0.39 is 5.41 Å². The van der Waals surface area contributed by atoms with Gasteiger partial charge in [-0.2, -0.15) is 0 Å². The van der Waals surface area contributed by atoms with Crippen molar-refractivity contribution in [2.24, 2.45) is 5.41 Å². The summed E-state index contributed by atoms with van der Waals surface area (Å²) >= 11 is 0. The smallest absolute Gasteiger partial charge is 0.251 e. The molecular weight excluding hydrogens is 374 g/mol.